The number of nitrogens with zero attached hydrogens (tertiary/aromatic N) is 2. The zero-order valence-electron chi connectivity index (χ0n) is 8.57. The maximum absolute atomic E-state index is 4.46. The van der Waals surface area contributed by atoms with Crippen LogP contribution in [-0.4, -0.2) is 9.78 Å². The van der Waals surface area contributed by atoms with Crippen molar-refractivity contribution in [2.45, 2.75) is 20.3 Å². The Balaban J connectivity index is 2.39. The Labute approximate surface area is 84.2 Å². The average molecular weight is 186 g/mol. The van der Waals surface area contributed by atoms with Crippen LogP contribution in [0.2, 0.25) is 0 Å². The summed E-state index contributed by atoms with van der Waals surface area (Å²) in [5, 5.41) is 4.46. The summed E-state index contributed by atoms with van der Waals surface area (Å²) < 4.78 is 1.92. The topological polar surface area (TPSA) is 17.8 Å². The lowest BCUT2D eigenvalue weighted by atomic mass is 10.2. The van der Waals surface area contributed by atoms with Crippen LogP contribution >= 0.6 is 0 Å². The Bertz CT molecular complexity index is 429. The van der Waals surface area contributed by atoms with Crippen molar-refractivity contribution >= 4 is 0 Å². The summed E-state index contributed by atoms with van der Waals surface area (Å²) in [5.74, 6) is 0. The van der Waals surface area contributed by atoms with Gasteiger partial charge >= 0.3 is 0 Å². The molecule has 1 aromatic carbocycles. The van der Waals surface area contributed by atoms with Crippen LogP contribution in [0.4, 0.5) is 0 Å². The molecule has 1 heterocycles. The summed E-state index contributed by atoms with van der Waals surface area (Å²) in [5.41, 5.74) is 3.52. The Kier molecular flexibility index (Phi) is 2.35. The van der Waals surface area contributed by atoms with Gasteiger partial charge < -0.3 is 0 Å². The van der Waals surface area contributed by atoms with Crippen molar-refractivity contribution in [3.05, 3.63) is 47.8 Å². The maximum Gasteiger partial charge on any atom is 0.0648 e. The highest BCUT2D eigenvalue weighted by molar-refractivity contribution is 5.34. The fraction of sp³-hybridized carbons (Fsp3) is 0.250. The molecule has 0 aliphatic heterocycles. The smallest absolute Gasteiger partial charge is 0.0648 e. The van der Waals surface area contributed by atoms with E-state index in [2.05, 4.69) is 49.3 Å². The molecule has 14 heavy (non-hydrogen) atoms. The van der Waals surface area contributed by atoms with Crippen molar-refractivity contribution in [3.63, 3.8) is 0 Å². The van der Waals surface area contributed by atoms with E-state index in [1.54, 1.807) is 0 Å². The summed E-state index contributed by atoms with van der Waals surface area (Å²) in [7, 11) is 0. The molecule has 0 spiro atoms. The number of hydrogen-bond acceptors (Lipinski definition) is 1. The van der Waals surface area contributed by atoms with E-state index in [4.69, 9.17) is 0 Å². The van der Waals surface area contributed by atoms with E-state index in [0.29, 0.717) is 0 Å². The van der Waals surface area contributed by atoms with Gasteiger partial charge in [0.1, 0.15) is 0 Å². The molecule has 2 heteroatoms. The summed E-state index contributed by atoms with van der Waals surface area (Å²) in [6.45, 7) is 4.21. The highest BCUT2D eigenvalue weighted by Crippen LogP contribution is 2.09. The van der Waals surface area contributed by atoms with E-state index in [0.717, 1.165) is 17.8 Å². The van der Waals surface area contributed by atoms with Gasteiger partial charge in [-0.2, -0.15) is 5.10 Å². The molecule has 0 aliphatic rings. The van der Waals surface area contributed by atoms with Crippen LogP contribution in [0.5, 0.6) is 0 Å². The highest BCUT2D eigenvalue weighted by atomic mass is 15.3. The molecule has 0 N–H and O–H groups in total. The van der Waals surface area contributed by atoms with Crippen molar-refractivity contribution in [3.8, 4) is 5.69 Å². The van der Waals surface area contributed by atoms with Gasteiger partial charge in [0.25, 0.3) is 0 Å². The van der Waals surface area contributed by atoms with Crippen molar-refractivity contribution in [2.75, 3.05) is 0 Å². The van der Waals surface area contributed by atoms with E-state index >= 15 is 0 Å². The van der Waals surface area contributed by atoms with Gasteiger partial charge in [-0.15, -0.1) is 0 Å². The van der Waals surface area contributed by atoms with Gasteiger partial charge in [0.05, 0.1) is 11.4 Å². The highest BCUT2D eigenvalue weighted by Gasteiger charge is 1.98. The van der Waals surface area contributed by atoms with Crippen molar-refractivity contribution in [1.29, 1.82) is 0 Å². The number of benzene rings is 1. The Morgan fingerprint density at radius 3 is 2.79 bits per heavy atom. The molecule has 0 saturated heterocycles. The number of rotatable bonds is 2. The van der Waals surface area contributed by atoms with Gasteiger partial charge in [-0.3, -0.25) is 0 Å². The van der Waals surface area contributed by atoms with Crippen LogP contribution in [0.25, 0.3) is 5.69 Å². The van der Waals surface area contributed by atoms with Crippen molar-refractivity contribution < 1.29 is 0 Å². The molecule has 0 unspecified atom stereocenters. The minimum atomic E-state index is 0.985. The summed E-state index contributed by atoms with van der Waals surface area (Å²) in [4.78, 5) is 0. The average Bonchev–Trinajstić information content (AvgIpc) is 2.66. The molecule has 0 radical (unpaired) electrons. The third-order valence-electron chi connectivity index (χ3n) is 2.27. The second kappa shape index (κ2) is 3.66. The predicted octanol–water partition coefficient (Wildman–Crippen LogP) is 2.74. The maximum atomic E-state index is 4.46. The van der Waals surface area contributed by atoms with E-state index in [1.807, 2.05) is 10.9 Å². The van der Waals surface area contributed by atoms with Gasteiger partial charge in [0.15, 0.2) is 0 Å². The number of aryl methyl sites for hydroxylation is 2. The fourth-order valence-corrected chi connectivity index (χ4v) is 1.46. The molecule has 2 nitrogen and oxygen atoms in total. The lowest BCUT2D eigenvalue weighted by Crippen LogP contribution is -1.95. The molecule has 0 atom stereocenters. The van der Waals surface area contributed by atoms with Gasteiger partial charge in [-0.05, 0) is 37.1 Å². The SMILES string of the molecule is CCc1ccn(-c2cccc(C)c2)n1. The minimum absolute atomic E-state index is 0.985. The third-order valence-corrected chi connectivity index (χ3v) is 2.27. The molecular weight excluding hydrogens is 172 g/mol. The quantitative estimate of drug-likeness (QED) is 0.705. The molecule has 2 aromatic rings. The van der Waals surface area contributed by atoms with Crippen LogP contribution in [0, 0.1) is 6.92 Å². The monoisotopic (exact) mass is 186 g/mol. The Morgan fingerprint density at radius 2 is 2.14 bits per heavy atom. The lowest BCUT2D eigenvalue weighted by Gasteiger charge is -2.01. The van der Waals surface area contributed by atoms with Crippen molar-refractivity contribution in [2.24, 2.45) is 0 Å². The molecule has 0 aliphatic carbocycles. The number of hydrogen-bond donors (Lipinski definition) is 0. The molecule has 0 bridgehead atoms. The first-order valence-corrected chi connectivity index (χ1v) is 4.91. The van der Waals surface area contributed by atoms with Crippen LogP contribution in [-0.2, 0) is 6.42 Å². The molecule has 1 aromatic heterocycles. The normalized spacial score (nSPS) is 10.4. The van der Waals surface area contributed by atoms with Crippen molar-refractivity contribution in [1.82, 2.24) is 9.78 Å². The van der Waals surface area contributed by atoms with Crippen LogP contribution in [0.15, 0.2) is 36.5 Å². The summed E-state index contributed by atoms with van der Waals surface area (Å²) >= 11 is 0. The first-order valence-electron chi connectivity index (χ1n) is 4.91. The molecule has 0 amide bonds. The second-order valence-corrected chi connectivity index (χ2v) is 3.44. The largest absolute Gasteiger partial charge is 0.241 e. The summed E-state index contributed by atoms with van der Waals surface area (Å²) in [6, 6.07) is 10.4. The standard InChI is InChI=1S/C12H14N2/c1-3-11-7-8-14(13-11)12-6-4-5-10(2)9-12/h4-9H,3H2,1-2H3. The predicted molar refractivity (Wildman–Crippen MR) is 57.7 cm³/mol. The lowest BCUT2D eigenvalue weighted by molar-refractivity contribution is 0.840. The van der Waals surface area contributed by atoms with E-state index in [-0.39, 0.29) is 0 Å². The number of aromatic nitrogens is 2. The van der Waals surface area contributed by atoms with Gasteiger partial charge in [0, 0.05) is 6.20 Å². The van der Waals surface area contributed by atoms with E-state index < -0.39 is 0 Å². The molecule has 0 fully saturated rings. The van der Waals surface area contributed by atoms with Crippen LogP contribution in [0.1, 0.15) is 18.2 Å². The van der Waals surface area contributed by atoms with E-state index in [9.17, 15) is 0 Å². The molecule has 0 saturated carbocycles. The molecule has 2 rings (SSSR count). The van der Waals surface area contributed by atoms with Gasteiger partial charge in [-0.1, -0.05) is 19.1 Å². The Morgan fingerprint density at radius 1 is 1.29 bits per heavy atom. The Hall–Kier alpha value is -1.57. The molecular formula is C12H14N2. The first kappa shape index (κ1) is 9.00. The van der Waals surface area contributed by atoms with Crippen LogP contribution < -0.4 is 0 Å². The zero-order valence-corrected chi connectivity index (χ0v) is 8.57. The third kappa shape index (κ3) is 1.69. The van der Waals surface area contributed by atoms with Crippen LogP contribution in [0.3, 0.4) is 0 Å². The second-order valence-electron chi connectivity index (χ2n) is 3.44. The fourth-order valence-electron chi connectivity index (χ4n) is 1.46. The van der Waals surface area contributed by atoms with Gasteiger partial charge in [-0.25, -0.2) is 4.68 Å². The first-order chi connectivity index (χ1) is 6.79. The molecule has 72 valence electrons. The summed E-state index contributed by atoms with van der Waals surface area (Å²) in [6.07, 6.45) is 2.99. The minimum Gasteiger partial charge on any atom is -0.241 e. The van der Waals surface area contributed by atoms with Gasteiger partial charge in [0.2, 0.25) is 0 Å². The van der Waals surface area contributed by atoms with E-state index in [1.165, 1.54) is 5.56 Å². The zero-order chi connectivity index (χ0) is 9.97.